The van der Waals surface area contributed by atoms with Crippen LogP contribution in [-0.4, -0.2) is 36.8 Å². The SMILES string of the molecule is O=C(Nc1cccc(-c2cc(-c3c(Cl)cccc3Cl)no2)c1)C(Cl)Cl.O=C(Nc1ccnc(-c2cc(-c3c(Cl)cccc3Cl)no2)c1)C(Cl)Cl. The molecule has 0 saturated carbocycles. The number of anilines is 2. The molecule has 2 amide bonds. The van der Waals surface area contributed by atoms with Crippen molar-refractivity contribution in [2.75, 3.05) is 10.6 Å². The molecule has 6 rings (SSSR count). The van der Waals surface area contributed by atoms with E-state index in [9.17, 15) is 9.59 Å². The van der Waals surface area contributed by atoms with E-state index < -0.39 is 21.5 Å². The van der Waals surface area contributed by atoms with Gasteiger partial charge in [0.2, 0.25) is 0 Å². The fourth-order valence-corrected chi connectivity index (χ4v) is 5.72. The second kappa shape index (κ2) is 17.1. The Morgan fingerprint density at radius 3 is 1.54 bits per heavy atom. The van der Waals surface area contributed by atoms with Crippen molar-refractivity contribution in [3.8, 4) is 45.3 Å². The zero-order valence-corrected chi connectivity index (χ0v) is 30.9. The lowest BCUT2D eigenvalue weighted by atomic mass is 10.1. The monoisotopic (exact) mass is 829 g/mol. The lowest BCUT2D eigenvalue weighted by Gasteiger charge is -2.06. The first-order valence-electron chi connectivity index (χ1n) is 14.0. The van der Waals surface area contributed by atoms with Crippen LogP contribution in [0.1, 0.15) is 0 Å². The number of aromatic nitrogens is 3. The summed E-state index contributed by atoms with van der Waals surface area (Å²) in [5.41, 5.74) is 4.32. The maximum atomic E-state index is 11.6. The zero-order chi connectivity index (χ0) is 35.9. The molecule has 0 atom stereocenters. The molecule has 50 heavy (non-hydrogen) atoms. The third kappa shape index (κ3) is 9.42. The summed E-state index contributed by atoms with van der Waals surface area (Å²) in [6.07, 6.45) is 1.51. The van der Waals surface area contributed by atoms with Crippen LogP contribution in [0.15, 0.2) is 100 Å². The van der Waals surface area contributed by atoms with Crippen LogP contribution in [0.3, 0.4) is 0 Å². The molecule has 256 valence electrons. The maximum Gasteiger partial charge on any atom is 0.257 e. The fourth-order valence-electron chi connectivity index (χ4n) is 4.31. The highest BCUT2D eigenvalue weighted by atomic mass is 35.5. The smallest absolute Gasteiger partial charge is 0.257 e. The number of rotatable bonds is 8. The zero-order valence-electron chi connectivity index (χ0n) is 24.8. The van der Waals surface area contributed by atoms with E-state index in [0.717, 1.165) is 0 Å². The first-order valence-corrected chi connectivity index (χ1v) is 17.2. The van der Waals surface area contributed by atoms with Gasteiger partial charge in [-0.05, 0) is 48.5 Å². The van der Waals surface area contributed by atoms with Crippen LogP contribution in [0.4, 0.5) is 11.4 Å². The number of benzene rings is 3. The van der Waals surface area contributed by atoms with Crippen LogP contribution in [0.25, 0.3) is 45.3 Å². The Bertz CT molecular complexity index is 1960. The van der Waals surface area contributed by atoms with E-state index in [4.69, 9.17) is 102 Å². The molecule has 0 aliphatic rings. The summed E-state index contributed by atoms with van der Waals surface area (Å²) in [7, 11) is 0. The molecule has 3 heterocycles. The van der Waals surface area contributed by atoms with Crippen LogP contribution in [-0.2, 0) is 9.59 Å². The molecule has 9 nitrogen and oxygen atoms in total. The molecular formula is C33H19Cl8N5O4. The van der Waals surface area contributed by atoms with Gasteiger partial charge in [-0.2, -0.15) is 0 Å². The number of carbonyl (C=O) groups is 2. The predicted molar refractivity (Wildman–Crippen MR) is 201 cm³/mol. The minimum Gasteiger partial charge on any atom is -0.356 e. The van der Waals surface area contributed by atoms with Gasteiger partial charge in [0.15, 0.2) is 21.2 Å². The van der Waals surface area contributed by atoms with E-state index in [2.05, 4.69) is 25.9 Å². The van der Waals surface area contributed by atoms with Gasteiger partial charge in [0.05, 0.1) is 20.1 Å². The van der Waals surface area contributed by atoms with Crippen molar-refractivity contribution >= 4 is 116 Å². The summed E-state index contributed by atoms with van der Waals surface area (Å²) in [4.78, 5) is 25.0. The highest BCUT2D eigenvalue weighted by molar-refractivity contribution is 6.55. The molecule has 0 fully saturated rings. The van der Waals surface area contributed by atoms with Crippen molar-refractivity contribution in [3.63, 3.8) is 0 Å². The molecule has 2 N–H and O–H groups in total. The second-order valence-electron chi connectivity index (χ2n) is 9.94. The number of pyridine rings is 1. The van der Waals surface area contributed by atoms with Gasteiger partial charge in [0.25, 0.3) is 11.8 Å². The van der Waals surface area contributed by atoms with Crippen molar-refractivity contribution in [2.24, 2.45) is 0 Å². The molecule has 0 aliphatic carbocycles. The highest BCUT2D eigenvalue weighted by Crippen LogP contribution is 2.37. The van der Waals surface area contributed by atoms with E-state index >= 15 is 0 Å². The van der Waals surface area contributed by atoms with Gasteiger partial charge in [-0.15, -0.1) is 0 Å². The van der Waals surface area contributed by atoms with Crippen LogP contribution < -0.4 is 10.6 Å². The number of nitrogens with zero attached hydrogens (tertiary/aromatic N) is 3. The van der Waals surface area contributed by atoms with E-state index in [-0.39, 0.29) is 0 Å². The summed E-state index contributed by atoms with van der Waals surface area (Å²) in [5.74, 6) is -0.172. The Morgan fingerprint density at radius 1 is 0.560 bits per heavy atom. The summed E-state index contributed by atoms with van der Waals surface area (Å²) in [6.45, 7) is 0. The highest BCUT2D eigenvalue weighted by Gasteiger charge is 2.18. The Hall–Kier alpha value is -3.51. The molecule has 3 aromatic carbocycles. The average Bonchev–Trinajstić information content (AvgIpc) is 3.76. The number of alkyl halides is 4. The Morgan fingerprint density at radius 2 is 1.02 bits per heavy atom. The summed E-state index contributed by atoms with van der Waals surface area (Å²) >= 11 is 46.9. The molecule has 0 spiro atoms. The van der Waals surface area contributed by atoms with Gasteiger partial charge in [-0.25, -0.2) is 0 Å². The van der Waals surface area contributed by atoms with Crippen molar-refractivity contribution in [3.05, 3.63) is 111 Å². The van der Waals surface area contributed by atoms with E-state index in [0.29, 0.717) is 76.8 Å². The molecule has 0 unspecified atom stereocenters. The summed E-state index contributed by atoms with van der Waals surface area (Å²) in [6, 6.07) is 23.9. The van der Waals surface area contributed by atoms with Gasteiger partial charge in [-0.3, -0.25) is 14.6 Å². The maximum absolute atomic E-state index is 11.6. The van der Waals surface area contributed by atoms with Crippen LogP contribution in [0, 0.1) is 0 Å². The topological polar surface area (TPSA) is 123 Å². The van der Waals surface area contributed by atoms with Gasteiger partial charge in [0.1, 0.15) is 17.1 Å². The number of carbonyl (C=O) groups excluding carboxylic acids is 2. The van der Waals surface area contributed by atoms with Crippen molar-refractivity contribution < 1.29 is 18.6 Å². The molecule has 0 bridgehead atoms. The van der Waals surface area contributed by atoms with Gasteiger partial charge >= 0.3 is 0 Å². The fraction of sp³-hybridized carbons (Fsp3) is 0.0606. The minimum absolute atomic E-state index is 0.385. The van der Waals surface area contributed by atoms with Crippen molar-refractivity contribution in [1.29, 1.82) is 0 Å². The van der Waals surface area contributed by atoms with Crippen LogP contribution >= 0.6 is 92.8 Å². The molecular weight excluding hydrogens is 814 g/mol. The van der Waals surface area contributed by atoms with E-state index in [1.807, 2.05) is 6.07 Å². The summed E-state index contributed by atoms with van der Waals surface area (Å²) in [5, 5.41) is 15.0. The Balaban J connectivity index is 0.000000194. The Kier molecular flexibility index (Phi) is 12.9. The molecule has 3 aromatic heterocycles. The summed E-state index contributed by atoms with van der Waals surface area (Å²) < 4.78 is 10.7. The normalized spacial score (nSPS) is 10.9. The van der Waals surface area contributed by atoms with Gasteiger partial charge in [0, 0.05) is 46.4 Å². The average molecular weight is 833 g/mol. The standard InChI is InChI=1S/C17H10Cl4N2O2.C16H9Cl4N3O2/c18-11-5-2-6-12(19)15(11)13-8-14(25-23-13)9-3-1-4-10(7-9)22-17(24)16(20)21;17-9-2-1-3-10(18)14(9)12-7-13(25-23-12)11-6-8(4-5-21-11)22-16(24)15(19)20/h1-8,16H,(H,22,24);1-7,15H,(H,21,22,24). The van der Waals surface area contributed by atoms with Crippen LogP contribution in [0.2, 0.25) is 20.1 Å². The lowest BCUT2D eigenvalue weighted by Crippen LogP contribution is -2.18. The first kappa shape index (κ1) is 37.7. The van der Waals surface area contributed by atoms with E-state index in [1.165, 1.54) is 6.20 Å². The number of nitrogens with one attached hydrogen (secondary N) is 2. The molecule has 0 saturated heterocycles. The number of amides is 2. The largest absolute Gasteiger partial charge is 0.356 e. The van der Waals surface area contributed by atoms with Gasteiger partial charge < -0.3 is 19.7 Å². The molecule has 6 aromatic rings. The minimum atomic E-state index is -1.17. The van der Waals surface area contributed by atoms with Crippen LogP contribution in [0.5, 0.6) is 0 Å². The van der Waals surface area contributed by atoms with Crippen molar-refractivity contribution in [1.82, 2.24) is 15.3 Å². The third-order valence-electron chi connectivity index (χ3n) is 6.55. The second-order valence-corrected chi connectivity index (χ2v) is 13.8. The number of hydrogen-bond donors (Lipinski definition) is 2. The molecule has 0 aliphatic heterocycles. The number of halogens is 8. The number of hydrogen-bond acceptors (Lipinski definition) is 7. The quantitative estimate of drug-likeness (QED) is 0.146. The van der Waals surface area contributed by atoms with E-state index in [1.54, 1.807) is 78.9 Å². The Labute approximate surface area is 324 Å². The third-order valence-corrected chi connectivity index (χ3v) is 8.60. The first-order chi connectivity index (χ1) is 23.9. The molecule has 0 radical (unpaired) electrons. The predicted octanol–water partition coefficient (Wildman–Crippen LogP) is 11.5. The van der Waals surface area contributed by atoms with Gasteiger partial charge in [-0.1, -0.05) is 127 Å². The molecule has 17 heteroatoms. The van der Waals surface area contributed by atoms with Crippen molar-refractivity contribution in [2.45, 2.75) is 9.67 Å². The lowest BCUT2D eigenvalue weighted by molar-refractivity contribution is -0.115.